The Balaban J connectivity index is 2.67. The zero-order chi connectivity index (χ0) is 13.1. The van der Waals surface area contributed by atoms with Crippen molar-refractivity contribution >= 4 is 21.6 Å². The third-order valence-corrected chi connectivity index (χ3v) is 3.75. The monoisotopic (exact) mass is 266 g/mol. The van der Waals surface area contributed by atoms with E-state index in [1.807, 2.05) is 6.07 Å². The zero-order valence-electron chi connectivity index (χ0n) is 10.8. The molecule has 1 aromatic carbocycles. The van der Waals surface area contributed by atoms with Gasteiger partial charge < -0.3 is 14.2 Å². The quantitative estimate of drug-likeness (QED) is 0.834. The minimum Gasteiger partial charge on any atom is -0.493 e. The van der Waals surface area contributed by atoms with Crippen LogP contribution in [-0.2, 0) is 6.42 Å². The summed E-state index contributed by atoms with van der Waals surface area (Å²) in [5.74, 6) is 1.92. The highest BCUT2D eigenvalue weighted by Crippen LogP contribution is 2.45. The van der Waals surface area contributed by atoms with Crippen LogP contribution in [0, 0.1) is 6.92 Å². The second-order valence-electron chi connectivity index (χ2n) is 3.70. The van der Waals surface area contributed by atoms with E-state index < -0.39 is 0 Å². The molecule has 0 aliphatic rings. The molecule has 4 nitrogen and oxygen atoms in total. The van der Waals surface area contributed by atoms with Gasteiger partial charge in [-0.2, -0.15) is 0 Å². The van der Waals surface area contributed by atoms with Gasteiger partial charge in [0.05, 0.1) is 31.9 Å². The fraction of sp³-hybridized carbons (Fsp3) is 0.385. The van der Waals surface area contributed by atoms with Gasteiger partial charge in [-0.25, -0.2) is 4.98 Å². The van der Waals surface area contributed by atoms with Crippen molar-refractivity contribution in [2.75, 3.05) is 21.3 Å². The highest BCUT2D eigenvalue weighted by molar-refractivity contribution is 7.19. The number of ether oxygens (including phenoxy) is 3. The molecule has 0 bridgehead atoms. The van der Waals surface area contributed by atoms with Crippen LogP contribution in [0.15, 0.2) is 6.07 Å². The second-order valence-corrected chi connectivity index (χ2v) is 4.79. The highest BCUT2D eigenvalue weighted by atomic mass is 32.1. The maximum Gasteiger partial charge on any atom is 0.204 e. The van der Waals surface area contributed by atoms with Crippen molar-refractivity contribution in [3.63, 3.8) is 0 Å². The molecule has 0 aliphatic carbocycles. The van der Waals surface area contributed by atoms with E-state index >= 15 is 0 Å². The summed E-state index contributed by atoms with van der Waals surface area (Å²) < 4.78 is 17.1. The molecule has 1 heterocycles. The lowest BCUT2D eigenvalue weighted by Gasteiger charge is -2.11. The first-order chi connectivity index (χ1) is 8.74. The molecule has 0 unspecified atom stereocenters. The van der Waals surface area contributed by atoms with Crippen LogP contribution in [0.1, 0.15) is 11.4 Å². The number of thiazole rings is 1. The summed E-state index contributed by atoms with van der Waals surface area (Å²) in [6.45, 7) is 3.85. The van der Waals surface area contributed by atoms with Gasteiger partial charge in [-0.15, -0.1) is 11.3 Å². The van der Waals surface area contributed by atoms with Crippen molar-refractivity contribution in [1.29, 1.82) is 0 Å². The Kier molecular flexibility index (Phi) is 3.91. The van der Waals surface area contributed by atoms with Crippen LogP contribution in [-0.4, -0.2) is 26.3 Å². The summed E-state index contributed by atoms with van der Waals surface area (Å²) in [4.78, 5) is 4.56. The van der Waals surface area contributed by atoms with Gasteiger partial charge in [0.25, 0.3) is 0 Å². The number of benzene rings is 1. The van der Waals surface area contributed by atoms with Gasteiger partial charge in [-0.3, -0.25) is 0 Å². The number of methoxy groups -OCH3 is 3. The molecule has 0 fully saturated rings. The molecule has 5 heteroatoms. The normalized spacial score (nSPS) is 10.7. The van der Waals surface area contributed by atoms with Crippen molar-refractivity contribution in [1.82, 2.24) is 4.98 Å². The van der Waals surface area contributed by atoms with E-state index in [-0.39, 0.29) is 0 Å². The predicted octanol–water partition coefficient (Wildman–Crippen LogP) is 3.09. The second kappa shape index (κ2) is 5.44. The van der Waals surface area contributed by atoms with Gasteiger partial charge >= 0.3 is 0 Å². The smallest absolute Gasteiger partial charge is 0.204 e. The van der Waals surface area contributed by atoms with E-state index in [4.69, 9.17) is 14.2 Å². The SMILES string of the molecule is [CH2]CCc1nc2cc(OC)c(OC)c(OC)c2s1. The molecule has 18 heavy (non-hydrogen) atoms. The lowest BCUT2D eigenvalue weighted by atomic mass is 10.2. The van der Waals surface area contributed by atoms with Crippen LogP contribution in [0.2, 0.25) is 0 Å². The molecule has 0 atom stereocenters. The average molecular weight is 266 g/mol. The van der Waals surface area contributed by atoms with Crippen LogP contribution >= 0.6 is 11.3 Å². The van der Waals surface area contributed by atoms with Crippen LogP contribution < -0.4 is 14.2 Å². The summed E-state index contributed by atoms with van der Waals surface area (Å²) >= 11 is 1.61. The maximum absolute atomic E-state index is 5.43. The fourth-order valence-corrected chi connectivity index (χ4v) is 2.94. The minimum atomic E-state index is 0.609. The van der Waals surface area contributed by atoms with Crippen molar-refractivity contribution in [2.24, 2.45) is 0 Å². The topological polar surface area (TPSA) is 40.6 Å². The number of hydrogen-bond acceptors (Lipinski definition) is 5. The van der Waals surface area contributed by atoms with Crippen molar-refractivity contribution in [3.8, 4) is 17.2 Å². The number of aryl methyl sites for hydroxylation is 1. The molecule has 97 valence electrons. The number of fused-ring (bicyclic) bond motifs is 1. The Morgan fingerprint density at radius 1 is 1.17 bits per heavy atom. The van der Waals surface area contributed by atoms with Crippen molar-refractivity contribution < 1.29 is 14.2 Å². The number of nitrogens with zero attached hydrogens (tertiary/aromatic N) is 1. The molecule has 2 rings (SSSR count). The number of rotatable bonds is 5. The number of hydrogen-bond donors (Lipinski definition) is 0. The van der Waals surface area contributed by atoms with E-state index in [1.54, 1.807) is 32.7 Å². The lowest BCUT2D eigenvalue weighted by molar-refractivity contribution is 0.327. The van der Waals surface area contributed by atoms with E-state index in [9.17, 15) is 0 Å². The third kappa shape index (κ3) is 2.10. The van der Waals surface area contributed by atoms with Gasteiger partial charge in [-0.05, 0) is 12.8 Å². The number of aromatic nitrogens is 1. The summed E-state index contributed by atoms with van der Waals surface area (Å²) in [6, 6.07) is 1.87. The van der Waals surface area contributed by atoms with Gasteiger partial charge in [0.15, 0.2) is 11.5 Å². The zero-order valence-corrected chi connectivity index (χ0v) is 11.6. The average Bonchev–Trinajstić information content (AvgIpc) is 2.78. The Hall–Kier alpha value is -1.49. The largest absolute Gasteiger partial charge is 0.493 e. The lowest BCUT2D eigenvalue weighted by Crippen LogP contribution is -1.94. The van der Waals surface area contributed by atoms with Crippen LogP contribution in [0.5, 0.6) is 17.2 Å². The Bertz CT molecular complexity index is 551. The maximum atomic E-state index is 5.43. The summed E-state index contributed by atoms with van der Waals surface area (Å²) in [7, 11) is 4.83. The van der Waals surface area contributed by atoms with Crippen molar-refractivity contribution in [2.45, 2.75) is 12.8 Å². The fourth-order valence-electron chi connectivity index (χ4n) is 1.83. The van der Waals surface area contributed by atoms with Crippen LogP contribution in [0.25, 0.3) is 10.2 Å². The molecule has 0 N–H and O–H groups in total. The van der Waals surface area contributed by atoms with E-state index in [0.717, 1.165) is 28.1 Å². The molecular weight excluding hydrogens is 250 g/mol. The van der Waals surface area contributed by atoms with E-state index in [1.165, 1.54) is 0 Å². The summed E-state index contributed by atoms with van der Waals surface area (Å²) in [5, 5.41) is 1.05. The van der Waals surface area contributed by atoms with Crippen molar-refractivity contribution in [3.05, 3.63) is 18.0 Å². The van der Waals surface area contributed by atoms with Crippen LogP contribution in [0.4, 0.5) is 0 Å². The minimum absolute atomic E-state index is 0.609. The first-order valence-corrected chi connectivity index (χ1v) is 6.44. The molecule has 1 radical (unpaired) electrons. The third-order valence-electron chi connectivity index (χ3n) is 2.62. The highest BCUT2D eigenvalue weighted by Gasteiger charge is 2.18. The van der Waals surface area contributed by atoms with Gasteiger partial charge in [-0.1, -0.05) is 6.92 Å². The Morgan fingerprint density at radius 3 is 2.44 bits per heavy atom. The first kappa shape index (κ1) is 13.0. The molecule has 0 saturated heterocycles. The molecule has 0 amide bonds. The predicted molar refractivity (Wildman–Crippen MR) is 73.0 cm³/mol. The standard InChI is InChI=1S/C13H16NO3S/c1-5-6-10-14-8-7-9(15-2)11(16-3)12(17-4)13(8)18-10/h7H,1,5-6H2,2-4H3. The van der Waals surface area contributed by atoms with E-state index in [2.05, 4.69) is 11.9 Å². The summed E-state index contributed by atoms with van der Waals surface area (Å²) in [6.07, 6.45) is 1.70. The molecule has 1 aromatic heterocycles. The van der Waals surface area contributed by atoms with Crippen LogP contribution in [0.3, 0.4) is 0 Å². The molecular formula is C13H16NO3S. The first-order valence-electron chi connectivity index (χ1n) is 5.62. The molecule has 0 saturated carbocycles. The van der Waals surface area contributed by atoms with E-state index in [0.29, 0.717) is 17.2 Å². The molecule has 0 aliphatic heterocycles. The Morgan fingerprint density at radius 2 is 1.89 bits per heavy atom. The molecule has 2 aromatic rings. The Labute approximate surface area is 111 Å². The van der Waals surface area contributed by atoms with Gasteiger partial charge in [0.1, 0.15) is 4.70 Å². The van der Waals surface area contributed by atoms with Gasteiger partial charge in [0.2, 0.25) is 5.75 Å². The van der Waals surface area contributed by atoms with Gasteiger partial charge in [0, 0.05) is 6.07 Å². The molecule has 0 spiro atoms. The summed E-state index contributed by atoms with van der Waals surface area (Å²) in [5.41, 5.74) is 0.873.